The molecule has 0 radical (unpaired) electrons. The molecule has 0 aliphatic heterocycles. The lowest BCUT2D eigenvalue weighted by atomic mass is 10.2. The molecule has 0 bridgehead atoms. The molecule has 26 heavy (non-hydrogen) atoms. The molecular weight excluding hydrogens is 320 g/mol. The summed E-state index contributed by atoms with van der Waals surface area (Å²) in [5.41, 5.74) is 1.33. The minimum atomic E-state index is 0.819. The predicted molar refractivity (Wildman–Crippen MR) is 116 cm³/mol. The van der Waals surface area contributed by atoms with Crippen LogP contribution < -0.4 is 10.1 Å². The molecule has 0 atom stereocenters. The van der Waals surface area contributed by atoms with Gasteiger partial charge in [-0.2, -0.15) is 0 Å². The van der Waals surface area contributed by atoms with Crippen molar-refractivity contribution in [2.75, 3.05) is 32.8 Å². The van der Waals surface area contributed by atoms with Gasteiger partial charge in [0.25, 0.3) is 0 Å². The van der Waals surface area contributed by atoms with Gasteiger partial charge in [0.05, 0.1) is 6.61 Å². The Kier molecular flexibility index (Phi) is 18.0. The Morgan fingerprint density at radius 2 is 1.38 bits per heavy atom. The zero-order chi connectivity index (χ0) is 19.5. The van der Waals surface area contributed by atoms with E-state index in [4.69, 9.17) is 4.74 Å². The molecule has 0 fully saturated rings. The summed E-state index contributed by atoms with van der Waals surface area (Å²) in [5, 5.41) is 3.57. The SMILES string of the molecule is CC.CCCCOc1ccc(CNCCN(CCCC)CCCC)cc1. The van der Waals surface area contributed by atoms with Crippen LogP contribution in [0.3, 0.4) is 0 Å². The Morgan fingerprint density at radius 1 is 0.808 bits per heavy atom. The molecule has 0 aromatic heterocycles. The average molecular weight is 365 g/mol. The second-order valence-corrected chi connectivity index (χ2v) is 6.57. The summed E-state index contributed by atoms with van der Waals surface area (Å²) in [4.78, 5) is 2.60. The van der Waals surface area contributed by atoms with Gasteiger partial charge in [0, 0.05) is 19.6 Å². The van der Waals surface area contributed by atoms with Crippen LogP contribution in [0.25, 0.3) is 0 Å². The fourth-order valence-corrected chi connectivity index (χ4v) is 2.61. The molecule has 0 aliphatic carbocycles. The first kappa shape index (κ1) is 24.9. The lowest BCUT2D eigenvalue weighted by Crippen LogP contribution is -2.33. The van der Waals surface area contributed by atoms with Crippen LogP contribution >= 0.6 is 0 Å². The molecule has 0 aliphatic rings. The molecule has 1 N–H and O–H groups in total. The Morgan fingerprint density at radius 3 is 1.92 bits per heavy atom. The second kappa shape index (κ2) is 18.7. The average Bonchev–Trinajstić information content (AvgIpc) is 2.69. The molecule has 152 valence electrons. The first-order chi connectivity index (χ1) is 12.8. The number of nitrogens with zero attached hydrogens (tertiary/aromatic N) is 1. The Labute approximate surface area is 163 Å². The summed E-state index contributed by atoms with van der Waals surface area (Å²) in [7, 11) is 0. The van der Waals surface area contributed by atoms with Gasteiger partial charge in [-0.25, -0.2) is 0 Å². The van der Waals surface area contributed by atoms with Crippen molar-refractivity contribution in [3.63, 3.8) is 0 Å². The molecule has 0 saturated heterocycles. The van der Waals surface area contributed by atoms with E-state index in [9.17, 15) is 0 Å². The van der Waals surface area contributed by atoms with E-state index in [0.717, 1.165) is 38.4 Å². The highest BCUT2D eigenvalue weighted by molar-refractivity contribution is 5.27. The smallest absolute Gasteiger partial charge is 0.119 e. The molecule has 0 saturated carbocycles. The fraction of sp³-hybridized carbons (Fsp3) is 0.739. The topological polar surface area (TPSA) is 24.5 Å². The molecule has 0 unspecified atom stereocenters. The number of benzene rings is 1. The third kappa shape index (κ3) is 13.2. The summed E-state index contributed by atoms with van der Waals surface area (Å²) in [5.74, 6) is 0.984. The van der Waals surface area contributed by atoms with Crippen LogP contribution in [0.15, 0.2) is 24.3 Å². The van der Waals surface area contributed by atoms with Crippen LogP contribution in [-0.4, -0.2) is 37.7 Å². The van der Waals surface area contributed by atoms with Gasteiger partial charge in [0.1, 0.15) is 5.75 Å². The van der Waals surface area contributed by atoms with Crippen LogP contribution in [0.2, 0.25) is 0 Å². The van der Waals surface area contributed by atoms with E-state index < -0.39 is 0 Å². The van der Waals surface area contributed by atoms with Crippen LogP contribution in [-0.2, 0) is 6.54 Å². The number of ether oxygens (including phenoxy) is 1. The highest BCUT2D eigenvalue weighted by Gasteiger charge is 2.03. The molecule has 1 rings (SSSR count). The van der Waals surface area contributed by atoms with Crippen LogP contribution in [0.1, 0.15) is 78.7 Å². The molecule has 0 heterocycles. The van der Waals surface area contributed by atoms with Crippen molar-refractivity contribution in [1.29, 1.82) is 0 Å². The molecule has 1 aromatic rings. The van der Waals surface area contributed by atoms with Gasteiger partial charge in [-0.15, -0.1) is 0 Å². The number of hydrogen-bond acceptors (Lipinski definition) is 3. The van der Waals surface area contributed by atoms with Gasteiger partial charge in [-0.1, -0.05) is 66.0 Å². The molecular formula is C23H44N2O. The lowest BCUT2D eigenvalue weighted by Gasteiger charge is -2.22. The van der Waals surface area contributed by atoms with Crippen molar-refractivity contribution in [3.8, 4) is 5.75 Å². The highest BCUT2D eigenvalue weighted by Crippen LogP contribution is 2.12. The van der Waals surface area contributed by atoms with E-state index >= 15 is 0 Å². The Bertz CT molecular complexity index is 384. The van der Waals surface area contributed by atoms with Crippen molar-refractivity contribution in [3.05, 3.63) is 29.8 Å². The molecule has 3 heteroatoms. The van der Waals surface area contributed by atoms with Crippen LogP contribution in [0.5, 0.6) is 5.75 Å². The van der Waals surface area contributed by atoms with Crippen LogP contribution in [0, 0.1) is 0 Å². The maximum Gasteiger partial charge on any atom is 0.119 e. The normalized spacial score (nSPS) is 10.5. The van der Waals surface area contributed by atoms with Gasteiger partial charge in [-0.3, -0.25) is 0 Å². The largest absolute Gasteiger partial charge is 0.494 e. The molecule has 3 nitrogen and oxygen atoms in total. The molecule has 1 aromatic carbocycles. The number of rotatable bonds is 15. The van der Waals surface area contributed by atoms with Gasteiger partial charge in [0.2, 0.25) is 0 Å². The monoisotopic (exact) mass is 364 g/mol. The van der Waals surface area contributed by atoms with Crippen molar-refractivity contribution < 1.29 is 4.74 Å². The standard InChI is InChI=1S/C21H38N2O.C2H6/c1-4-7-15-23(16-8-5-2)17-14-22-19-20-10-12-21(13-11-20)24-18-9-6-3;1-2/h10-13,22H,4-9,14-19H2,1-3H3;1-2H3. The quantitative estimate of drug-likeness (QED) is 0.393. The third-order valence-corrected chi connectivity index (χ3v) is 4.28. The van der Waals surface area contributed by atoms with Crippen molar-refractivity contribution in [1.82, 2.24) is 10.2 Å². The summed E-state index contributed by atoms with van der Waals surface area (Å²) < 4.78 is 5.71. The Hall–Kier alpha value is -1.06. The van der Waals surface area contributed by atoms with Crippen molar-refractivity contribution in [2.24, 2.45) is 0 Å². The lowest BCUT2D eigenvalue weighted by molar-refractivity contribution is 0.264. The predicted octanol–water partition coefficient (Wildman–Crippen LogP) is 5.88. The van der Waals surface area contributed by atoms with Gasteiger partial charge >= 0.3 is 0 Å². The van der Waals surface area contributed by atoms with Crippen molar-refractivity contribution >= 4 is 0 Å². The molecule has 0 amide bonds. The van der Waals surface area contributed by atoms with Gasteiger partial charge < -0.3 is 15.0 Å². The van der Waals surface area contributed by atoms with Gasteiger partial charge in [-0.05, 0) is 50.0 Å². The minimum absolute atomic E-state index is 0.819. The Balaban J connectivity index is 0.00000301. The third-order valence-electron chi connectivity index (χ3n) is 4.28. The zero-order valence-corrected chi connectivity index (χ0v) is 18.2. The minimum Gasteiger partial charge on any atom is -0.494 e. The first-order valence-corrected chi connectivity index (χ1v) is 10.9. The maximum atomic E-state index is 5.71. The van der Waals surface area contributed by atoms with E-state index in [1.54, 1.807) is 0 Å². The first-order valence-electron chi connectivity index (χ1n) is 10.9. The maximum absolute atomic E-state index is 5.71. The summed E-state index contributed by atoms with van der Waals surface area (Å²) in [6.45, 7) is 17.2. The highest BCUT2D eigenvalue weighted by atomic mass is 16.5. The molecule has 0 spiro atoms. The summed E-state index contributed by atoms with van der Waals surface area (Å²) in [6, 6.07) is 8.50. The van der Waals surface area contributed by atoms with Crippen molar-refractivity contribution in [2.45, 2.75) is 79.7 Å². The summed E-state index contributed by atoms with van der Waals surface area (Å²) in [6.07, 6.45) is 7.48. The van der Waals surface area contributed by atoms with E-state index in [1.807, 2.05) is 13.8 Å². The zero-order valence-electron chi connectivity index (χ0n) is 18.2. The number of nitrogens with one attached hydrogen (secondary N) is 1. The fourth-order valence-electron chi connectivity index (χ4n) is 2.61. The van der Waals surface area contributed by atoms with Gasteiger partial charge in [0.15, 0.2) is 0 Å². The van der Waals surface area contributed by atoms with E-state index in [0.29, 0.717) is 0 Å². The van der Waals surface area contributed by atoms with E-state index in [-0.39, 0.29) is 0 Å². The number of unbranched alkanes of at least 4 members (excludes halogenated alkanes) is 3. The second-order valence-electron chi connectivity index (χ2n) is 6.57. The van der Waals surface area contributed by atoms with E-state index in [1.165, 1.54) is 50.8 Å². The van der Waals surface area contributed by atoms with Crippen LogP contribution in [0.4, 0.5) is 0 Å². The van der Waals surface area contributed by atoms with E-state index in [2.05, 4.69) is 55.3 Å². The summed E-state index contributed by atoms with van der Waals surface area (Å²) >= 11 is 0. The number of hydrogen-bond donors (Lipinski definition) is 1.